The van der Waals surface area contributed by atoms with Crippen LogP contribution in [-0.2, 0) is 6.42 Å². The van der Waals surface area contributed by atoms with Gasteiger partial charge in [0.15, 0.2) is 5.65 Å². The van der Waals surface area contributed by atoms with Crippen molar-refractivity contribution in [2.24, 2.45) is 0 Å². The van der Waals surface area contributed by atoms with E-state index >= 15 is 0 Å². The van der Waals surface area contributed by atoms with Crippen molar-refractivity contribution < 1.29 is 5.11 Å². The van der Waals surface area contributed by atoms with Crippen molar-refractivity contribution in [1.82, 2.24) is 19.6 Å². The lowest BCUT2D eigenvalue weighted by atomic mass is 10.0. The molecule has 1 aromatic carbocycles. The normalized spacial score (nSPS) is 13.3. The molecule has 5 rings (SSSR count). The summed E-state index contributed by atoms with van der Waals surface area (Å²) in [6, 6.07) is 14.4. The number of hydrogen-bond acceptors (Lipinski definition) is 7. The van der Waals surface area contributed by atoms with Gasteiger partial charge >= 0.3 is 0 Å². The van der Waals surface area contributed by atoms with E-state index in [9.17, 15) is 0 Å². The van der Waals surface area contributed by atoms with E-state index in [0.717, 1.165) is 41.4 Å². The average Bonchev–Trinajstić information content (AvgIpc) is 3.17. The number of benzene rings is 1. The summed E-state index contributed by atoms with van der Waals surface area (Å²) in [4.78, 5) is 11.3. The van der Waals surface area contributed by atoms with Crippen LogP contribution in [0.25, 0.3) is 16.9 Å². The number of aromatic nitrogens is 4. The Morgan fingerprint density at radius 3 is 2.94 bits per heavy atom. The number of aliphatic hydroxyl groups is 1. The molecular formula is C24H27N7O. The minimum absolute atomic E-state index is 0.103. The molecular weight excluding hydrogens is 402 g/mol. The van der Waals surface area contributed by atoms with Crippen LogP contribution in [-0.4, -0.2) is 51.4 Å². The molecule has 1 aliphatic heterocycles. The maximum absolute atomic E-state index is 9.13. The van der Waals surface area contributed by atoms with Crippen LogP contribution in [0.2, 0.25) is 0 Å². The minimum Gasteiger partial charge on any atom is -0.395 e. The molecule has 0 atom stereocenters. The van der Waals surface area contributed by atoms with Crippen molar-refractivity contribution in [3.05, 3.63) is 60.4 Å². The highest BCUT2D eigenvalue weighted by Gasteiger charge is 2.13. The first-order valence-corrected chi connectivity index (χ1v) is 11.0. The topological polar surface area (TPSA) is 90.6 Å². The summed E-state index contributed by atoms with van der Waals surface area (Å²) < 4.78 is 1.78. The number of nitrogens with one attached hydrogen (secondary N) is 2. The minimum atomic E-state index is 0.103. The van der Waals surface area contributed by atoms with Crippen LogP contribution >= 0.6 is 0 Å². The average molecular weight is 430 g/mol. The van der Waals surface area contributed by atoms with E-state index in [4.69, 9.17) is 10.1 Å². The highest BCUT2D eigenvalue weighted by atomic mass is 16.3. The second-order valence-corrected chi connectivity index (χ2v) is 8.06. The molecule has 3 aromatic heterocycles. The first-order chi connectivity index (χ1) is 15.7. The number of anilines is 4. The number of fused-ring (bicyclic) bond motifs is 2. The number of likely N-dealkylation sites (N-methyl/N-ethyl adjacent to an activating group) is 1. The summed E-state index contributed by atoms with van der Waals surface area (Å²) in [6.07, 6.45) is 7.06. The second kappa shape index (κ2) is 8.84. The van der Waals surface area contributed by atoms with E-state index in [2.05, 4.69) is 38.9 Å². The van der Waals surface area contributed by atoms with Gasteiger partial charge in [-0.2, -0.15) is 9.61 Å². The van der Waals surface area contributed by atoms with E-state index in [1.807, 2.05) is 36.2 Å². The third-order valence-corrected chi connectivity index (χ3v) is 5.83. The van der Waals surface area contributed by atoms with Crippen molar-refractivity contribution in [3.63, 3.8) is 0 Å². The zero-order valence-corrected chi connectivity index (χ0v) is 18.1. The fourth-order valence-electron chi connectivity index (χ4n) is 4.03. The van der Waals surface area contributed by atoms with Gasteiger partial charge in [0.1, 0.15) is 11.6 Å². The number of rotatable bonds is 6. The Morgan fingerprint density at radius 2 is 2.09 bits per heavy atom. The molecule has 0 unspecified atom stereocenters. The summed E-state index contributed by atoms with van der Waals surface area (Å²) in [5.41, 5.74) is 6.24. The molecule has 4 heterocycles. The van der Waals surface area contributed by atoms with E-state index in [0.29, 0.717) is 12.4 Å². The first-order valence-electron chi connectivity index (χ1n) is 11.0. The maximum atomic E-state index is 9.13. The third kappa shape index (κ3) is 4.09. The highest BCUT2D eigenvalue weighted by molar-refractivity contribution is 5.72. The van der Waals surface area contributed by atoms with Crippen LogP contribution in [0.15, 0.2) is 54.9 Å². The van der Waals surface area contributed by atoms with Gasteiger partial charge < -0.3 is 20.6 Å². The van der Waals surface area contributed by atoms with Gasteiger partial charge in [-0.25, -0.2) is 9.97 Å². The van der Waals surface area contributed by atoms with Gasteiger partial charge in [0.2, 0.25) is 0 Å². The molecule has 0 amide bonds. The van der Waals surface area contributed by atoms with Crippen LogP contribution < -0.4 is 15.5 Å². The summed E-state index contributed by atoms with van der Waals surface area (Å²) in [5.74, 6) is 1.51. The predicted molar refractivity (Wildman–Crippen MR) is 128 cm³/mol. The summed E-state index contributed by atoms with van der Waals surface area (Å²) in [5, 5.41) is 20.5. The molecule has 0 saturated heterocycles. The van der Waals surface area contributed by atoms with Crippen molar-refractivity contribution >= 4 is 28.7 Å². The molecule has 4 aromatic rings. The molecule has 0 bridgehead atoms. The SMILES string of the molecule is CN(CCO)c1ccc(Nc2cc(-c3ccc4c(c3)NCCCC4)nc3ccnn23)nc1. The Balaban J connectivity index is 1.47. The lowest BCUT2D eigenvalue weighted by Crippen LogP contribution is -2.21. The Hall–Kier alpha value is -3.65. The van der Waals surface area contributed by atoms with Gasteiger partial charge in [0, 0.05) is 43.5 Å². The van der Waals surface area contributed by atoms with Gasteiger partial charge in [-0.05, 0) is 43.0 Å². The smallest absolute Gasteiger partial charge is 0.157 e. The van der Waals surface area contributed by atoms with Crippen LogP contribution in [0.4, 0.5) is 23.0 Å². The number of aryl methyl sites for hydroxylation is 1. The fraction of sp³-hybridized carbons (Fsp3) is 0.292. The van der Waals surface area contributed by atoms with Gasteiger partial charge in [0.25, 0.3) is 0 Å². The van der Waals surface area contributed by atoms with Crippen LogP contribution in [0.3, 0.4) is 0 Å². The Bertz CT molecular complexity index is 1220. The lowest BCUT2D eigenvalue weighted by Gasteiger charge is -2.18. The zero-order valence-electron chi connectivity index (χ0n) is 18.1. The molecule has 3 N–H and O–H groups in total. The van der Waals surface area contributed by atoms with Crippen molar-refractivity contribution in [1.29, 1.82) is 0 Å². The molecule has 8 nitrogen and oxygen atoms in total. The molecule has 1 aliphatic rings. The number of nitrogens with zero attached hydrogens (tertiary/aromatic N) is 5. The largest absolute Gasteiger partial charge is 0.395 e. The van der Waals surface area contributed by atoms with Crippen molar-refractivity contribution in [2.75, 3.05) is 42.3 Å². The number of hydrogen-bond donors (Lipinski definition) is 3. The molecule has 0 aliphatic carbocycles. The molecule has 164 valence electrons. The Labute approximate surface area is 186 Å². The predicted octanol–water partition coefficient (Wildman–Crippen LogP) is 3.71. The molecule has 0 spiro atoms. The Morgan fingerprint density at radius 1 is 1.16 bits per heavy atom. The van der Waals surface area contributed by atoms with Crippen LogP contribution in [0, 0.1) is 0 Å². The molecule has 0 saturated carbocycles. The van der Waals surface area contributed by atoms with Gasteiger partial charge in [-0.1, -0.05) is 12.1 Å². The zero-order chi connectivity index (χ0) is 21.9. The van der Waals surface area contributed by atoms with Crippen LogP contribution in [0.5, 0.6) is 0 Å². The third-order valence-electron chi connectivity index (χ3n) is 5.83. The Kier molecular flexibility index (Phi) is 5.60. The fourth-order valence-corrected chi connectivity index (χ4v) is 4.03. The van der Waals surface area contributed by atoms with Gasteiger partial charge in [0.05, 0.1) is 30.4 Å². The summed E-state index contributed by atoms with van der Waals surface area (Å²) >= 11 is 0. The standard InChI is InChI=1S/C24H27N7O/c1-30(12-13-32)19-7-8-22(26-16-19)29-24-15-21(28-23-9-11-27-31(23)24)18-6-5-17-4-2-3-10-25-20(17)14-18/h5-9,11,14-16,25,32H,2-4,10,12-13H2,1H3,(H,26,29). The number of aliphatic hydroxyl groups excluding tert-OH is 1. The van der Waals surface area contributed by atoms with Crippen molar-refractivity contribution in [3.8, 4) is 11.3 Å². The summed E-state index contributed by atoms with van der Waals surface area (Å²) in [6.45, 7) is 1.67. The second-order valence-electron chi connectivity index (χ2n) is 8.06. The van der Waals surface area contributed by atoms with E-state index in [1.165, 1.54) is 24.1 Å². The van der Waals surface area contributed by atoms with E-state index in [-0.39, 0.29) is 6.61 Å². The molecule has 8 heteroatoms. The lowest BCUT2D eigenvalue weighted by molar-refractivity contribution is 0.304. The quantitative estimate of drug-likeness (QED) is 0.430. The highest BCUT2D eigenvalue weighted by Crippen LogP contribution is 2.30. The monoisotopic (exact) mass is 429 g/mol. The van der Waals surface area contributed by atoms with E-state index < -0.39 is 0 Å². The summed E-state index contributed by atoms with van der Waals surface area (Å²) in [7, 11) is 1.93. The molecule has 32 heavy (non-hydrogen) atoms. The molecule has 0 radical (unpaired) electrons. The van der Waals surface area contributed by atoms with E-state index in [1.54, 1.807) is 16.9 Å². The van der Waals surface area contributed by atoms with Gasteiger partial charge in [-0.15, -0.1) is 0 Å². The maximum Gasteiger partial charge on any atom is 0.157 e. The van der Waals surface area contributed by atoms with Gasteiger partial charge in [-0.3, -0.25) is 0 Å². The van der Waals surface area contributed by atoms with Crippen molar-refractivity contribution in [2.45, 2.75) is 19.3 Å². The number of pyridine rings is 1. The molecule has 0 fully saturated rings. The first kappa shape index (κ1) is 20.3. The van der Waals surface area contributed by atoms with Crippen LogP contribution in [0.1, 0.15) is 18.4 Å².